The summed E-state index contributed by atoms with van der Waals surface area (Å²) in [5.74, 6) is 0.965. The Kier molecular flexibility index (Phi) is 2.08. The molecule has 0 spiro atoms. The Morgan fingerprint density at radius 3 is 3.09 bits per heavy atom. The van der Waals surface area contributed by atoms with E-state index in [0.29, 0.717) is 15.9 Å². The quantitative estimate of drug-likeness (QED) is 0.521. The summed E-state index contributed by atoms with van der Waals surface area (Å²) in [4.78, 5) is 11.1. The summed E-state index contributed by atoms with van der Waals surface area (Å²) in [6, 6.07) is 0.482. The first kappa shape index (κ1) is 7.83. The summed E-state index contributed by atoms with van der Waals surface area (Å²) in [5, 5.41) is 3.05. The lowest BCUT2D eigenvalue weighted by Crippen LogP contribution is -2.49. The van der Waals surface area contributed by atoms with Gasteiger partial charge in [0.25, 0.3) is 0 Å². The van der Waals surface area contributed by atoms with Crippen molar-refractivity contribution in [2.75, 3.05) is 0 Å². The van der Waals surface area contributed by atoms with E-state index in [9.17, 15) is 4.79 Å². The third kappa shape index (κ3) is 1.53. The van der Waals surface area contributed by atoms with E-state index in [1.54, 1.807) is 0 Å². The molecule has 0 aromatic heterocycles. The molecule has 3 atom stereocenters. The first-order chi connectivity index (χ1) is 5.25. The minimum Gasteiger partial charge on any atom is -0.352 e. The molecule has 1 saturated heterocycles. The van der Waals surface area contributed by atoms with E-state index in [2.05, 4.69) is 27.9 Å². The fourth-order valence-electron chi connectivity index (χ4n) is 2.08. The molecule has 11 heavy (non-hydrogen) atoms. The van der Waals surface area contributed by atoms with Gasteiger partial charge in [0.05, 0.1) is 0 Å². The Morgan fingerprint density at radius 2 is 2.27 bits per heavy atom. The van der Waals surface area contributed by atoms with Crippen LogP contribution in [0.2, 0.25) is 0 Å². The van der Waals surface area contributed by atoms with Gasteiger partial charge >= 0.3 is 0 Å². The van der Waals surface area contributed by atoms with Gasteiger partial charge in [0, 0.05) is 16.4 Å². The predicted octanol–water partition coefficient (Wildman–Crippen LogP) is 1.48. The van der Waals surface area contributed by atoms with Crippen LogP contribution in [0.4, 0.5) is 0 Å². The van der Waals surface area contributed by atoms with E-state index in [0.717, 1.165) is 6.42 Å². The lowest BCUT2D eigenvalue weighted by atomic mass is 9.81. The highest BCUT2D eigenvalue weighted by molar-refractivity contribution is 14.1. The van der Waals surface area contributed by atoms with Crippen molar-refractivity contribution in [3.8, 4) is 0 Å². The molecule has 1 heterocycles. The molecule has 2 fully saturated rings. The van der Waals surface area contributed by atoms with Gasteiger partial charge in [0.1, 0.15) is 0 Å². The number of amides is 1. The van der Waals surface area contributed by atoms with Crippen LogP contribution < -0.4 is 5.32 Å². The highest BCUT2D eigenvalue weighted by Gasteiger charge is 2.34. The molecule has 1 aliphatic heterocycles. The molecule has 0 aromatic rings. The van der Waals surface area contributed by atoms with Crippen LogP contribution in [0.1, 0.15) is 25.7 Å². The maximum atomic E-state index is 11.1. The van der Waals surface area contributed by atoms with Crippen molar-refractivity contribution in [3.63, 3.8) is 0 Å². The van der Waals surface area contributed by atoms with E-state index >= 15 is 0 Å². The van der Waals surface area contributed by atoms with E-state index in [-0.39, 0.29) is 5.91 Å². The van der Waals surface area contributed by atoms with Crippen LogP contribution in [-0.4, -0.2) is 15.9 Å². The summed E-state index contributed by atoms with van der Waals surface area (Å²) >= 11 is 2.46. The number of carbonyl (C=O) groups excluding carboxylic acids is 1. The van der Waals surface area contributed by atoms with Crippen molar-refractivity contribution < 1.29 is 4.79 Å². The Hall–Kier alpha value is 0.200. The highest BCUT2D eigenvalue weighted by atomic mass is 127. The van der Waals surface area contributed by atoms with Crippen molar-refractivity contribution in [2.24, 2.45) is 5.92 Å². The molecule has 2 bridgehead atoms. The zero-order valence-corrected chi connectivity index (χ0v) is 8.50. The normalized spacial score (nSPS) is 43.4. The van der Waals surface area contributed by atoms with Crippen molar-refractivity contribution in [2.45, 2.75) is 35.6 Å². The van der Waals surface area contributed by atoms with Crippen molar-refractivity contribution >= 4 is 28.5 Å². The zero-order chi connectivity index (χ0) is 7.84. The molecule has 62 valence electrons. The van der Waals surface area contributed by atoms with Crippen LogP contribution in [0, 0.1) is 5.92 Å². The molecule has 2 aliphatic rings. The SMILES string of the molecule is O=C1C[C@H]2CC[C@H](I)[C@H](C2)N1. The van der Waals surface area contributed by atoms with Gasteiger partial charge in [-0.15, -0.1) is 0 Å². The molecule has 0 radical (unpaired) electrons. The molecule has 2 rings (SSSR count). The second kappa shape index (κ2) is 2.92. The van der Waals surface area contributed by atoms with Gasteiger partial charge in [-0.05, 0) is 25.2 Å². The molecule has 1 N–H and O–H groups in total. The summed E-state index contributed by atoms with van der Waals surface area (Å²) in [7, 11) is 0. The Bertz CT molecular complexity index is 183. The number of carbonyl (C=O) groups is 1. The van der Waals surface area contributed by atoms with Gasteiger partial charge in [-0.2, -0.15) is 0 Å². The van der Waals surface area contributed by atoms with Crippen LogP contribution in [0.5, 0.6) is 0 Å². The summed E-state index contributed by atoms with van der Waals surface area (Å²) in [6.07, 6.45) is 4.55. The van der Waals surface area contributed by atoms with Crippen molar-refractivity contribution in [3.05, 3.63) is 0 Å². The molecule has 0 unspecified atom stereocenters. The van der Waals surface area contributed by atoms with Crippen LogP contribution in [-0.2, 0) is 4.79 Å². The Morgan fingerprint density at radius 1 is 1.45 bits per heavy atom. The molecule has 1 aliphatic carbocycles. The first-order valence-electron chi connectivity index (χ1n) is 4.19. The monoisotopic (exact) mass is 265 g/mol. The lowest BCUT2D eigenvalue weighted by molar-refractivity contribution is -0.125. The fraction of sp³-hybridized carbons (Fsp3) is 0.875. The number of hydrogen-bond donors (Lipinski definition) is 1. The summed E-state index contributed by atoms with van der Waals surface area (Å²) < 4.78 is 0.674. The molecular formula is C8H12INO. The Labute approximate surface area is 80.3 Å². The number of fused-ring (bicyclic) bond motifs is 2. The third-order valence-corrected chi connectivity index (χ3v) is 4.19. The number of halogens is 1. The molecule has 3 heteroatoms. The van der Waals surface area contributed by atoms with Crippen molar-refractivity contribution in [1.82, 2.24) is 5.32 Å². The van der Waals surface area contributed by atoms with Gasteiger partial charge in [-0.1, -0.05) is 22.6 Å². The second-order valence-electron chi connectivity index (χ2n) is 3.57. The van der Waals surface area contributed by atoms with E-state index in [1.165, 1.54) is 19.3 Å². The van der Waals surface area contributed by atoms with E-state index in [4.69, 9.17) is 0 Å². The van der Waals surface area contributed by atoms with Crippen LogP contribution in [0.15, 0.2) is 0 Å². The summed E-state index contributed by atoms with van der Waals surface area (Å²) in [5.41, 5.74) is 0. The molecule has 0 aromatic carbocycles. The van der Waals surface area contributed by atoms with E-state index in [1.807, 2.05) is 0 Å². The fourth-order valence-corrected chi connectivity index (χ4v) is 2.92. The highest BCUT2D eigenvalue weighted by Crippen LogP contribution is 2.34. The molecule has 1 saturated carbocycles. The molecule has 2 nitrogen and oxygen atoms in total. The van der Waals surface area contributed by atoms with Gasteiger partial charge in [-0.3, -0.25) is 4.79 Å². The zero-order valence-electron chi connectivity index (χ0n) is 6.35. The van der Waals surface area contributed by atoms with Gasteiger partial charge in [-0.25, -0.2) is 0 Å². The number of alkyl halides is 1. The van der Waals surface area contributed by atoms with E-state index < -0.39 is 0 Å². The molecular weight excluding hydrogens is 253 g/mol. The number of rotatable bonds is 0. The largest absolute Gasteiger partial charge is 0.352 e. The Balaban J connectivity index is 2.08. The minimum atomic E-state index is 0.271. The van der Waals surface area contributed by atoms with Gasteiger partial charge < -0.3 is 5.32 Å². The van der Waals surface area contributed by atoms with Crippen LogP contribution in [0.25, 0.3) is 0 Å². The summed E-state index contributed by atoms with van der Waals surface area (Å²) in [6.45, 7) is 0. The number of piperidine rings is 1. The van der Waals surface area contributed by atoms with Gasteiger partial charge in [0.15, 0.2) is 0 Å². The second-order valence-corrected chi connectivity index (χ2v) is 5.17. The predicted molar refractivity (Wildman–Crippen MR) is 51.7 cm³/mol. The van der Waals surface area contributed by atoms with Gasteiger partial charge in [0.2, 0.25) is 5.91 Å². The first-order valence-corrected chi connectivity index (χ1v) is 5.43. The maximum absolute atomic E-state index is 11.1. The van der Waals surface area contributed by atoms with Crippen molar-refractivity contribution in [1.29, 1.82) is 0 Å². The smallest absolute Gasteiger partial charge is 0.220 e. The topological polar surface area (TPSA) is 29.1 Å². The standard InChI is InChI=1S/C8H12INO/c9-6-2-1-5-3-7(6)10-8(11)4-5/h5-7H,1-4H2,(H,10,11)/t5-,6-,7-/m0/s1. The van der Waals surface area contributed by atoms with Crippen LogP contribution in [0.3, 0.4) is 0 Å². The average Bonchev–Trinajstić information content (AvgIpc) is 1.97. The number of nitrogens with one attached hydrogen (secondary N) is 1. The lowest BCUT2D eigenvalue weighted by Gasteiger charge is -2.37. The minimum absolute atomic E-state index is 0.271. The third-order valence-electron chi connectivity index (χ3n) is 2.70. The maximum Gasteiger partial charge on any atom is 0.220 e. The average molecular weight is 265 g/mol. The number of hydrogen-bond acceptors (Lipinski definition) is 1. The van der Waals surface area contributed by atoms with Crippen LogP contribution >= 0.6 is 22.6 Å². The molecule has 1 amide bonds.